The van der Waals surface area contributed by atoms with Crippen LogP contribution >= 0.6 is 11.6 Å². The molecule has 1 N–H and O–H groups in total. The third-order valence-electron chi connectivity index (χ3n) is 2.61. The summed E-state index contributed by atoms with van der Waals surface area (Å²) in [7, 11) is 0. The van der Waals surface area contributed by atoms with Gasteiger partial charge in [-0.25, -0.2) is 4.39 Å². The lowest BCUT2D eigenvalue weighted by atomic mass is 10.2. The van der Waals surface area contributed by atoms with Gasteiger partial charge in [0.2, 0.25) is 0 Å². The van der Waals surface area contributed by atoms with Gasteiger partial charge in [0.25, 0.3) is 5.78 Å². The summed E-state index contributed by atoms with van der Waals surface area (Å²) in [5, 5.41) is 7.55. The monoisotopic (exact) mass is 277 g/mol. The summed E-state index contributed by atoms with van der Waals surface area (Å²) in [6, 6.07) is 7.92. The molecule has 3 rings (SSSR count). The third kappa shape index (κ3) is 2.48. The maximum absolute atomic E-state index is 12.8. The number of nitrogens with zero attached hydrogens (tertiary/aromatic N) is 4. The Hall–Kier alpha value is -2.21. The van der Waals surface area contributed by atoms with Gasteiger partial charge in [-0.2, -0.15) is 19.6 Å². The van der Waals surface area contributed by atoms with Gasteiger partial charge in [0.05, 0.1) is 0 Å². The quantitative estimate of drug-likeness (QED) is 0.748. The van der Waals surface area contributed by atoms with Crippen molar-refractivity contribution < 1.29 is 4.39 Å². The normalized spacial score (nSPS) is 10.8. The first kappa shape index (κ1) is 11.9. The molecule has 0 bridgehead atoms. The minimum Gasteiger partial charge on any atom is -0.366 e. The fourth-order valence-corrected chi connectivity index (χ4v) is 1.88. The van der Waals surface area contributed by atoms with Gasteiger partial charge in [0, 0.05) is 12.6 Å². The van der Waals surface area contributed by atoms with E-state index in [1.165, 1.54) is 18.5 Å². The molecule has 19 heavy (non-hydrogen) atoms. The van der Waals surface area contributed by atoms with Crippen molar-refractivity contribution in [3.05, 3.63) is 53.2 Å². The smallest absolute Gasteiger partial charge is 0.255 e. The summed E-state index contributed by atoms with van der Waals surface area (Å²) in [5.74, 6) is 0.848. The van der Waals surface area contributed by atoms with Crippen molar-refractivity contribution in [2.75, 3.05) is 5.32 Å². The summed E-state index contributed by atoms with van der Waals surface area (Å²) >= 11 is 5.90. The Bertz CT molecular complexity index is 710. The second-order valence-electron chi connectivity index (χ2n) is 3.92. The van der Waals surface area contributed by atoms with Crippen molar-refractivity contribution in [1.29, 1.82) is 0 Å². The SMILES string of the molecule is Fc1ccc(CNc2cc(Cl)nc3ncnn23)cc1. The zero-order valence-corrected chi connectivity index (χ0v) is 10.5. The number of benzene rings is 1. The lowest BCUT2D eigenvalue weighted by Crippen LogP contribution is -2.06. The van der Waals surface area contributed by atoms with Crippen LogP contribution < -0.4 is 5.32 Å². The van der Waals surface area contributed by atoms with Crippen molar-refractivity contribution in [2.45, 2.75) is 6.54 Å². The zero-order chi connectivity index (χ0) is 13.2. The highest BCUT2D eigenvalue weighted by Gasteiger charge is 2.06. The minimum absolute atomic E-state index is 0.255. The molecular formula is C12H9ClFN5. The van der Waals surface area contributed by atoms with E-state index in [1.807, 2.05) is 0 Å². The third-order valence-corrected chi connectivity index (χ3v) is 2.80. The average Bonchev–Trinajstić information content (AvgIpc) is 2.85. The maximum Gasteiger partial charge on any atom is 0.255 e. The fraction of sp³-hybridized carbons (Fsp3) is 0.0833. The van der Waals surface area contributed by atoms with E-state index in [1.54, 1.807) is 22.7 Å². The molecule has 3 aromatic rings. The summed E-state index contributed by atoms with van der Waals surface area (Å²) in [6.45, 7) is 0.523. The van der Waals surface area contributed by atoms with E-state index >= 15 is 0 Å². The Morgan fingerprint density at radius 1 is 1.26 bits per heavy atom. The number of anilines is 1. The fourth-order valence-electron chi connectivity index (χ4n) is 1.70. The van der Waals surface area contributed by atoms with E-state index in [9.17, 15) is 4.39 Å². The molecule has 2 aromatic heterocycles. The van der Waals surface area contributed by atoms with Crippen LogP contribution in [-0.2, 0) is 6.54 Å². The summed E-state index contributed by atoms with van der Waals surface area (Å²) in [4.78, 5) is 8.00. The van der Waals surface area contributed by atoms with E-state index in [0.717, 1.165) is 5.56 Å². The molecule has 7 heteroatoms. The van der Waals surface area contributed by atoms with E-state index in [2.05, 4.69) is 20.4 Å². The average molecular weight is 278 g/mol. The van der Waals surface area contributed by atoms with Crippen molar-refractivity contribution in [3.63, 3.8) is 0 Å². The Balaban J connectivity index is 1.85. The molecule has 96 valence electrons. The molecule has 0 saturated carbocycles. The predicted molar refractivity (Wildman–Crippen MR) is 69.5 cm³/mol. The van der Waals surface area contributed by atoms with Crippen LogP contribution in [0.15, 0.2) is 36.7 Å². The first-order valence-electron chi connectivity index (χ1n) is 5.57. The van der Waals surface area contributed by atoms with Gasteiger partial charge in [-0.05, 0) is 17.7 Å². The van der Waals surface area contributed by atoms with Crippen LogP contribution in [0, 0.1) is 5.82 Å². The summed E-state index contributed by atoms with van der Waals surface area (Å²) in [5.41, 5.74) is 0.947. The minimum atomic E-state index is -0.255. The molecule has 0 atom stereocenters. The van der Waals surface area contributed by atoms with Crippen LogP contribution in [0.5, 0.6) is 0 Å². The molecule has 0 aliphatic carbocycles. The summed E-state index contributed by atoms with van der Waals surface area (Å²) < 4.78 is 14.4. The Morgan fingerprint density at radius 2 is 2.05 bits per heavy atom. The topological polar surface area (TPSA) is 55.1 Å². The highest BCUT2D eigenvalue weighted by Crippen LogP contribution is 2.15. The van der Waals surface area contributed by atoms with E-state index in [-0.39, 0.29) is 5.82 Å². The molecular weight excluding hydrogens is 269 g/mol. The second-order valence-corrected chi connectivity index (χ2v) is 4.30. The van der Waals surface area contributed by atoms with E-state index < -0.39 is 0 Å². The van der Waals surface area contributed by atoms with Gasteiger partial charge < -0.3 is 5.32 Å². The van der Waals surface area contributed by atoms with Crippen LogP contribution in [0.25, 0.3) is 5.78 Å². The number of hydrogen-bond acceptors (Lipinski definition) is 4. The molecule has 0 fully saturated rings. The molecule has 0 spiro atoms. The Morgan fingerprint density at radius 3 is 2.84 bits per heavy atom. The van der Waals surface area contributed by atoms with Crippen LogP contribution in [0.3, 0.4) is 0 Å². The van der Waals surface area contributed by atoms with Gasteiger partial charge in [-0.1, -0.05) is 23.7 Å². The van der Waals surface area contributed by atoms with Crippen molar-refractivity contribution in [3.8, 4) is 0 Å². The molecule has 0 amide bonds. The van der Waals surface area contributed by atoms with Crippen molar-refractivity contribution in [1.82, 2.24) is 19.6 Å². The van der Waals surface area contributed by atoms with Crippen molar-refractivity contribution >= 4 is 23.2 Å². The molecule has 1 aromatic carbocycles. The summed E-state index contributed by atoms with van der Waals surface area (Å²) in [6.07, 6.45) is 1.40. The van der Waals surface area contributed by atoms with Gasteiger partial charge in [0.1, 0.15) is 23.1 Å². The number of rotatable bonds is 3. The van der Waals surface area contributed by atoms with Crippen LogP contribution in [0.1, 0.15) is 5.56 Å². The van der Waals surface area contributed by atoms with E-state index in [4.69, 9.17) is 11.6 Å². The highest BCUT2D eigenvalue weighted by molar-refractivity contribution is 6.29. The number of halogens is 2. The number of fused-ring (bicyclic) bond motifs is 1. The molecule has 0 radical (unpaired) electrons. The molecule has 0 aliphatic rings. The van der Waals surface area contributed by atoms with Gasteiger partial charge in [0.15, 0.2) is 0 Å². The largest absolute Gasteiger partial charge is 0.366 e. The van der Waals surface area contributed by atoms with E-state index in [0.29, 0.717) is 23.3 Å². The predicted octanol–water partition coefficient (Wildman–Crippen LogP) is 2.53. The number of hydrogen-bond donors (Lipinski definition) is 1. The van der Waals surface area contributed by atoms with Gasteiger partial charge in [-0.3, -0.25) is 0 Å². The highest BCUT2D eigenvalue weighted by atomic mass is 35.5. The van der Waals surface area contributed by atoms with Crippen LogP contribution in [-0.4, -0.2) is 19.6 Å². The Kier molecular flexibility index (Phi) is 3.00. The molecule has 0 unspecified atom stereocenters. The maximum atomic E-state index is 12.8. The molecule has 0 aliphatic heterocycles. The lowest BCUT2D eigenvalue weighted by Gasteiger charge is -2.08. The lowest BCUT2D eigenvalue weighted by molar-refractivity contribution is 0.627. The Labute approximate surface area is 113 Å². The zero-order valence-electron chi connectivity index (χ0n) is 9.72. The van der Waals surface area contributed by atoms with Crippen molar-refractivity contribution in [2.24, 2.45) is 0 Å². The van der Waals surface area contributed by atoms with Crippen LogP contribution in [0.4, 0.5) is 10.2 Å². The van der Waals surface area contributed by atoms with Gasteiger partial charge >= 0.3 is 0 Å². The standard InChI is InChI=1S/C12H9ClFN5/c13-10-5-11(19-12(18-10)16-7-17-19)15-6-8-1-3-9(14)4-2-8/h1-5,7,15H,6H2. The number of aromatic nitrogens is 4. The van der Waals surface area contributed by atoms with Crippen LogP contribution in [0.2, 0.25) is 5.15 Å². The van der Waals surface area contributed by atoms with Gasteiger partial charge in [-0.15, -0.1) is 0 Å². The second kappa shape index (κ2) is 4.81. The molecule has 2 heterocycles. The first-order valence-corrected chi connectivity index (χ1v) is 5.95. The number of nitrogens with one attached hydrogen (secondary N) is 1. The first-order chi connectivity index (χ1) is 9.22. The molecule has 5 nitrogen and oxygen atoms in total. The molecule has 0 saturated heterocycles.